The summed E-state index contributed by atoms with van der Waals surface area (Å²) in [6.45, 7) is 4.73. The molecule has 0 spiro atoms. The average Bonchev–Trinajstić information content (AvgIpc) is 3.04. The van der Waals surface area contributed by atoms with Crippen LogP contribution in [0.4, 0.5) is 8.78 Å². The first-order valence-corrected chi connectivity index (χ1v) is 10.8. The first kappa shape index (κ1) is 19.9. The van der Waals surface area contributed by atoms with Crippen molar-refractivity contribution in [2.24, 2.45) is 0 Å². The first-order chi connectivity index (χ1) is 12.7. The molecular weight excluding hydrogens is 394 g/mol. The van der Waals surface area contributed by atoms with Gasteiger partial charge in [0.2, 0.25) is 10.0 Å². The van der Waals surface area contributed by atoms with Crippen LogP contribution in [0.15, 0.2) is 29.2 Å². The maximum atomic E-state index is 13.4. The average molecular weight is 414 g/mol. The van der Waals surface area contributed by atoms with E-state index in [9.17, 15) is 22.0 Å². The van der Waals surface area contributed by atoms with Crippen LogP contribution in [0.1, 0.15) is 27.0 Å². The Morgan fingerprint density at radius 1 is 1.11 bits per heavy atom. The zero-order chi connectivity index (χ0) is 19.8. The highest BCUT2D eigenvalue weighted by Gasteiger charge is 2.31. The van der Waals surface area contributed by atoms with E-state index in [0.717, 1.165) is 29.0 Å². The topological polar surface area (TPSA) is 57.7 Å². The maximum Gasteiger partial charge on any atom is 0.264 e. The van der Waals surface area contributed by atoms with Gasteiger partial charge in [0, 0.05) is 31.1 Å². The zero-order valence-corrected chi connectivity index (χ0v) is 16.7. The molecule has 1 aromatic heterocycles. The van der Waals surface area contributed by atoms with Crippen molar-refractivity contribution >= 4 is 27.3 Å². The van der Waals surface area contributed by atoms with Gasteiger partial charge in [0.25, 0.3) is 5.91 Å². The molecule has 1 amide bonds. The van der Waals surface area contributed by atoms with Gasteiger partial charge >= 0.3 is 0 Å². The molecule has 1 fully saturated rings. The van der Waals surface area contributed by atoms with Gasteiger partial charge in [-0.2, -0.15) is 4.31 Å². The molecule has 0 atom stereocenters. The van der Waals surface area contributed by atoms with Crippen molar-refractivity contribution in [2.75, 3.05) is 26.2 Å². The predicted octanol–water partition coefficient (Wildman–Crippen LogP) is 3.04. The second-order valence-corrected chi connectivity index (χ2v) is 9.42. The molecule has 1 aliphatic rings. The van der Waals surface area contributed by atoms with Gasteiger partial charge in [-0.3, -0.25) is 4.79 Å². The molecule has 0 bridgehead atoms. The van der Waals surface area contributed by atoms with E-state index >= 15 is 0 Å². The number of rotatable bonds is 4. The third-order valence-corrected chi connectivity index (χ3v) is 7.87. The highest BCUT2D eigenvalue weighted by Crippen LogP contribution is 2.25. The number of hydrogen-bond donors (Lipinski definition) is 0. The molecule has 1 aliphatic heterocycles. The Hall–Kier alpha value is -1.84. The fourth-order valence-corrected chi connectivity index (χ4v) is 5.57. The molecule has 1 saturated heterocycles. The minimum absolute atomic E-state index is 0.104. The van der Waals surface area contributed by atoms with Crippen LogP contribution in [-0.2, 0) is 16.4 Å². The number of sulfonamides is 1. The standard InChI is InChI=1S/C18H20F2N2O3S2/c1-3-16-12(2)10-17(26-16)18(23)21-6-8-22(9-7-21)27(24,25)13-4-5-14(19)15(20)11-13/h4-5,10-11H,3,6-9H2,1-2H3. The van der Waals surface area contributed by atoms with Crippen LogP contribution >= 0.6 is 11.3 Å². The minimum atomic E-state index is -3.93. The normalized spacial score (nSPS) is 15.9. The van der Waals surface area contributed by atoms with Crippen LogP contribution in [0.25, 0.3) is 0 Å². The number of amides is 1. The number of carbonyl (C=O) groups excluding carboxylic acids is 1. The Balaban J connectivity index is 1.70. The van der Waals surface area contributed by atoms with E-state index in [1.807, 2.05) is 19.9 Å². The van der Waals surface area contributed by atoms with Crippen LogP contribution in [0.5, 0.6) is 0 Å². The van der Waals surface area contributed by atoms with E-state index in [1.54, 1.807) is 4.90 Å². The smallest absolute Gasteiger partial charge is 0.264 e. The van der Waals surface area contributed by atoms with Gasteiger partial charge in [-0.1, -0.05) is 6.92 Å². The van der Waals surface area contributed by atoms with E-state index < -0.39 is 21.7 Å². The Kier molecular flexibility index (Phi) is 5.64. The van der Waals surface area contributed by atoms with Gasteiger partial charge in [-0.05, 0) is 43.2 Å². The summed E-state index contributed by atoms with van der Waals surface area (Å²) < 4.78 is 52.9. The molecule has 5 nitrogen and oxygen atoms in total. The molecule has 9 heteroatoms. The fourth-order valence-electron chi connectivity index (χ4n) is 3.05. The molecule has 0 unspecified atom stereocenters. The number of piperazine rings is 1. The molecule has 2 aromatic rings. The highest BCUT2D eigenvalue weighted by molar-refractivity contribution is 7.89. The van der Waals surface area contributed by atoms with Crippen molar-refractivity contribution in [3.05, 3.63) is 51.2 Å². The van der Waals surface area contributed by atoms with Crippen LogP contribution < -0.4 is 0 Å². The second-order valence-electron chi connectivity index (χ2n) is 6.34. The molecule has 27 heavy (non-hydrogen) atoms. The monoisotopic (exact) mass is 414 g/mol. The SMILES string of the molecule is CCc1sc(C(=O)N2CCN(S(=O)(=O)c3ccc(F)c(F)c3)CC2)cc1C. The van der Waals surface area contributed by atoms with Crippen LogP contribution in [0.3, 0.4) is 0 Å². The van der Waals surface area contributed by atoms with Crippen LogP contribution in [0, 0.1) is 18.6 Å². The summed E-state index contributed by atoms with van der Waals surface area (Å²) in [6, 6.07) is 4.40. The van der Waals surface area contributed by atoms with Crippen molar-refractivity contribution in [3.8, 4) is 0 Å². The summed E-state index contributed by atoms with van der Waals surface area (Å²) in [5.41, 5.74) is 1.09. The molecule has 2 heterocycles. The summed E-state index contributed by atoms with van der Waals surface area (Å²) >= 11 is 1.47. The van der Waals surface area contributed by atoms with E-state index in [1.165, 1.54) is 15.6 Å². The van der Waals surface area contributed by atoms with E-state index in [-0.39, 0.29) is 37.0 Å². The third kappa shape index (κ3) is 3.90. The van der Waals surface area contributed by atoms with Gasteiger partial charge in [0.05, 0.1) is 9.77 Å². The van der Waals surface area contributed by atoms with Crippen molar-refractivity contribution in [1.82, 2.24) is 9.21 Å². The number of aryl methyl sites for hydroxylation is 2. The van der Waals surface area contributed by atoms with E-state index in [2.05, 4.69) is 0 Å². The molecule has 1 aromatic carbocycles. The quantitative estimate of drug-likeness (QED) is 0.773. The Bertz CT molecular complexity index is 965. The van der Waals surface area contributed by atoms with Crippen LogP contribution in [0.2, 0.25) is 0 Å². The number of thiophene rings is 1. The Morgan fingerprint density at radius 3 is 2.33 bits per heavy atom. The third-order valence-electron chi connectivity index (χ3n) is 4.61. The number of halogens is 2. The van der Waals surface area contributed by atoms with Gasteiger partial charge in [-0.15, -0.1) is 11.3 Å². The molecule has 0 N–H and O–H groups in total. The Labute approximate surface area is 161 Å². The summed E-state index contributed by atoms with van der Waals surface area (Å²) in [5, 5.41) is 0. The maximum absolute atomic E-state index is 13.4. The summed E-state index contributed by atoms with van der Waals surface area (Å²) in [6.07, 6.45) is 0.865. The van der Waals surface area contributed by atoms with Gasteiger partial charge in [0.1, 0.15) is 0 Å². The Morgan fingerprint density at radius 2 is 1.78 bits per heavy atom. The van der Waals surface area contributed by atoms with E-state index in [0.29, 0.717) is 10.9 Å². The van der Waals surface area contributed by atoms with Crippen molar-refractivity contribution in [2.45, 2.75) is 25.2 Å². The lowest BCUT2D eigenvalue weighted by molar-refractivity contribution is 0.0702. The number of nitrogens with zero attached hydrogens (tertiary/aromatic N) is 2. The molecule has 0 aliphatic carbocycles. The number of benzene rings is 1. The molecule has 146 valence electrons. The molecular formula is C18H20F2N2O3S2. The van der Waals surface area contributed by atoms with Crippen molar-refractivity contribution in [1.29, 1.82) is 0 Å². The lowest BCUT2D eigenvalue weighted by atomic mass is 10.2. The first-order valence-electron chi connectivity index (χ1n) is 8.57. The summed E-state index contributed by atoms with van der Waals surface area (Å²) in [7, 11) is -3.93. The minimum Gasteiger partial charge on any atom is -0.335 e. The van der Waals surface area contributed by atoms with Gasteiger partial charge in [-0.25, -0.2) is 17.2 Å². The second kappa shape index (κ2) is 7.65. The van der Waals surface area contributed by atoms with E-state index in [4.69, 9.17) is 0 Å². The lowest BCUT2D eigenvalue weighted by Crippen LogP contribution is -2.50. The van der Waals surface area contributed by atoms with Crippen molar-refractivity contribution < 1.29 is 22.0 Å². The van der Waals surface area contributed by atoms with Crippen molar-refractivity contribution in [3.63, 3.8) is 0 Å². The van der Waals surface area contributed by atoms with Gasteiger partial charge in [0.15, 0.2) is 11.6 Å². The predicted molar refractivity (Wildman–Crippen MR) is 99.5 cm³/mol. The van der Waals surface area contributed by atoms with Gasteiger partial charge < -0.3 is 4.90 Å². The summed E-state index contributed by atoms with van der Waals surface area (Å²) in [4.78, 5) is 15.8. The summed E-state index contributed by atoms with van der Waals surface area (Å²) in [5.74, 6) is -2.40. The lowest BCUT2D eigenvalue weighted by Gasteiger charge is -2.33. The fraction of sp³-hybridized carbons (Fsp3) is 0.389. The largest absolute Gasteiger partial charge is 0.335 e. The zero-order valence-electron chi connectivity index (χ0n) is 15.0. The number of carbonyl (C=O) groups is 1. The van der Waals surface area contributed by atoms with Crippen LogP contribution in [-0.4, -0.2) is 49.7 Å². The highest BCUT2D eigenvalue weighted by atomic mass is 32.2. The number of hydrogen-bond acceptors (Lipinski definition) is 4. The molecule has 0 saturated carbocycles. The molecule has 0 radical (unpaired) electrons. The molecule has 3 rings (SSSR count).